The highest BCUT2D eigenvalue weighted by Gasteiger charge is 2.10. The average Bonchev–Trinajstić information content (AvgIpc) is 2.83. The molecule has 1 aromatic heterocycles. The van der Waals surface area contributed by atoms with Gasteiger partial charge in [0.05, 0.1) is 17.2 Å². The Bertz CT molecular complexity index is 687. The van der Waals surface area contributed by atoms with Crippen molar-refractivity contribution in [1.82, 2.24) is 0 Å². The van der Waals surface area contributed by atoms with Gasteiger partial charge in [-0.25, -0.2) is 0 Å². The van der Waals surface area contributed by atoms with Crippen molar-refractivity contribution in [2.75, 3.05) is 10.6 Å². The summed E-state index contributed by atoms with van der Waals surface area (Å²) >= 11 is 4.83. The Morgan fingerprint density at radius 1 is 1.38 bits per heavy atom. The highest BCUT2D eigenvalue weighted by atomic mass is 79.9. The van der Waals surface area contributed by atoms with Crippen LogP contribution in [0.5, 0.6) is 0 Å². The third-order valence-corrected chi connectivity index (χ3v) is 4.24. The van der Waals surface area contributed by atoms with Gasteiger partial charge in [-0.05, 0) is 33.4 Å². The van der Waals surface area contributed by atoms with E-state index in [-0.39, 0.29) is 11.6 Å². The summed E-state index contributed by atoms with van der Waals surface area (Å²) in [6.45, 7) is 1.98. The van der Waals surface area contributed by atoms with Gasteiger partial charge in [0.25, 0.3) is 5.69 Å². The molecule has 0 aliphatic rings. The zero-order valence-electron chi connectivity index (χ0n) is 11.1. The predicted octanol–water partition coefficient (Wildman–Crippen LogP) is 3.99. The van der Waals surface area contributed by atoms with E-state index in [1.54, 1.807) is 6.07 Å². The number of hydrogen-bond acceptors (Lipinski definition) is 5. The van der Waals surface area contributed by atoms with Crippen LogP contribution in [-0.4, -0.2) is 10.8 Å². The molecule has 0 bridgehead atoms. The molecular weight excluding hydrogens is 358 g/mol. The first-order chi connectivity index (χ1) is 9.97. The van der Waals surface area contributed by atoms with Crippen molar-refractivity contribution in [3.05, 3.63) is 49.1 Å². The fourth-order valence-electron chi connectivity index (χ4n) is 1.71. The Hall–Kier alpha value is -1.93. The first-order valence-electron chi connectivity index (χ1n) is 5.99. The van der Waals surface area contributed by atoms with Crippen LogP contribution in [0.2, 0.25) is 0 Å². The van der Waals surface area contributed by atoms with Crippen LogP contribution < -0.4 is 10.6 Å². The zero-order valence-corrected chi connectivity index (χ0v) is 13.5. The second-order valence-electron chi connectivity index (χ2n) is 4.21. The van der Waals surface area contributed by atoms with Gasteiger partial charge in [0.1, 0.15) is 0 Å². The summed E-state index contributed by atoms with van der Waals surface area (Å²) in [6, 6.07) is 6.38. The molecule has 0 radical (unpaired) electrons. The van der Waals surface area contributed by atoms with Gasteiger partial charge in [0.15, 0.2) is 0 Å². The number of nitro benzene ring substituents is 1. The molecular formula is C13H12BrN3O3S. The van der Waals surface area contributed by atoms with Gasteiger partial charge in [0.2, 0.25) is 5.91 Å². The topological polar surface area (TPSA) is 84.3 Å². The summed E-state index contributed by atoms with van der Waals surface area (Å²) in [7, 11) is 0. The van der Waals surface area contributed by atoms with Gasteiger partial charge in [-0.3, -0.25) is 14.9 Å². The minimum absolute atomic E-state index is 0.0301. The number of rotatable bonds is 5. The number of thiophene rings is 1. The first-order valence-corrected chi connectivity index (χ1v) is 7.66. The Kier molecular flexibility index (Phi) is 4.92. The lowest BCUT2D eigenvalue weighted by atomic mass is 10.2. The molecule has 6 nitrogen and oxygen atoms in total. The summed E-state index contributed by atoms with van der Waals surface area (Å²) in [4.78, 5) is 22.3. The third-order valence-electron chi connectivity index (χ3n) is 2.66. The predicted molar refractivity (Wildman–Crippen MR) is 86.7 cm³/mol. The standard InChI is InChI=1S/C13H12BrN3O3S/c1-8(18)16-12-4-5-21-13(12)7-15-11-3-2-9(17(19)20)6-10(11)14/h2-6,15H,7H2,1H3,(H,16,18). The number of anilines is 2. The van der Waals surface area contributed by atoms with Crippen LogP contribution in [0, 0.1) is 10.1 Å². The molecule has 8 heteroatoms. The van der Waals surface area contributed by atoms with Gasteiger partial charge >= 0.3 is 0 Å². The van der Waals surface area contributed by atoms with E-state index in [4.69, 9.17) is 0 Å². The molecule has 0 atom stereocenters. The van der Waals surface area contributed by atoms with E-state index >= 15 is 0 Å². The third kappa shape index (κ3) is 4.02. The molecule has 1 heterocycles. The van der Waals surface area contributed by atoms with Crippen LogP contribution in [0.25, 0.3) is 0 Å². The number of non-ortho nitro benzene ring substituents is 1. The van der Waals surface area contributed by atoms with E-state index in [0.717, 1.165) is 16.3 Å². The Morgan fingerprint density at radius 2 is 2.14 bits per heavy atom. The Morgan fingerprint density at radius 3 is 2.76 bits per heavy atom. The van der Waals surface area contributed by atoms with Gasteiger partial charge < -0.3 is 10.6 Å². The fourth-order valence-corrected chi connectivity index (χ4v) is 2.99. The molecule has 1 aromatic carbocycles. The van der Waals surface area contributed by atoms with Gasteiger partial charge in [-0.2, -0.15) is 0 Å². The van der Waals surface area contributed by atoms with Crippen molar-refractivity contribution in [3.63, 3.8) is 0 Å². The van der Waals surface area contributed by atoms with Gasteiger partial charge in [-0.15, -0.1) is 11.3 Å². The summed E-state index contributed by atoms with van der Waals surface area (Å²) in [6.07, 6.45) is 0. The maximum Gasteiger partial charge on any atom is 0.270 e. The highest BCUT2D eigenvalue weighted by Crippen LogP contribution is 2.29. The normalized spacial score (nSPS) is 10.2. The smallest absolute Gasteiger partial charge is 0.270 e. The average molecular weight is 370 g/mol. The number of amides is 1. The second-order valence-corrected chi connectivity index (χ2v) is 6.07. The summed E-state index contributed by atoms with van der Waals surface area (Å²) in [5, 5.41) is 18.5. The molecule has 0 aliphatic heterocycles. The molecule has 0 unspecified atom stereocenters. The van der Waals surface area contributed by atoms with Crippen molar-refractivity contribution in [3.8, 4) is 0 Å². The maximum absolute atomic E-state index is 11.1. The minimum atomic E-state index is -0.442. The zero-order chi connectivity index (χ0) is 15.4. The molecule has 1 amide bonds. The van der Waals surface area contributed by atoms with Gasteiger partial charge in [0, 0.05) is 34.1 Å². The first kappa shape index (κ1) is 15.5. The number of nitrogens with one attached hydrogen (secondary N) is 2. The lowest BCUT2D eigenvalue weighted by Gasteiger charge is -2.09. The van der Waals surface area contributed by atoms with Crippen LogP contribution in [0.4, 0.5) is 17.1 Å². The number of carbonyl (C=O) groups excluding carboxylic acids is 1. The monoisotopic (exact) mass is 369 g/mol. The molecule has 0 saturated carbocycles. The van der Waals surface area contributed by atoms with E-state index in [1.807, 2.05) is 11.4 Å². The van der Waals surface area contributed by atoms with Crippen molar-refractivity contribution in [2.24, 2.45) is 0 Å². The maximum atomic E-state index is 11.1. The molecule has 21 heavy (non-hydrogen) atoms. The molecule has 110 valence electrons. The number of hydrogen-bond donors (Lipinski definition) is 2. The Labute approximate surface area is 133 Å². The molecule has 0 aliphatic carbocycles. The van der Waals surface area contributed by atoms with Crippen molar-refractivity contribution in [2.45, 2.75) is 13.5 Å². The van der Waals surface area contributed by atoms with E-state index in [0.29, 0.717) is 11.0 Å². The van der Waals surface area contributed by atoms with E-state index in [2.05, 4.69) is 26.6 Å². The lowest BCUT2D eigenvalue weighted by molar-refractivity contribution is -0.384. The van der Waals surface area contributed by atoms with Crippen LogP contribution in [0.3, 0.4) is 0 Å². The molecule has 2 aromatic rings. The SMILES string of the molecule is CC(=O)Nc1ccsc1CNc1ccc([N+](=O)[O-])cc1Br. The summed E-state index contributed by atoms with van der Waals surface area (Å²) in [5.74, 6) is -0.119. The summed E-state index contributed by atoms with van der Waals surface area (Å²) in [5.41, 5.74) is 1.56. The lowest BCUT2D eigenvalue weighted by Crippen LogP contribution is -2.08. The van der Waals surface area contributed by atoms with Crippen LogP contribution in [-0.2, 0) is 11.3 Å². The van der Waals surface area contributed by atoms with Crippen molar-refractivity contribution in [1.29, 1.82) is 0 Å². The van der Waals surface area contributed by atoms with E-state index < -0.39 is 4.92 Å². The van der Waals surface area contributed by atoms with E-state index in [1.165, 1.54) is 30.4 Å². The second kappa shape index (κ2) is 6.68. The largest absolute Gasteiger partial charge is 0.379 e. The number of nitrogens with zero attached hydrogens (tertiary/aromatic N) is 1. The number of nitro groups is 1. The fraction of sp³-hybridized carbons (Fsp3) is 0.154. The number of halogens is 1. The molecule has 2 rings (SSSR count). The number of benzene rings is 1. The number of carbonyl (C=O) groups is 1. The molecule has 0 spiro atoms. The van der Waals surface area contributed by atoms with Gasteiger partial charge in [-0.1, -0.05) is 0 Å². The highest BCUT2D eigenvalue weighted by molar-refractivity contribution is 9.10. The summed E-state index contributed by atoms with van der Waals surface area (Å²) < 4.78 is 0.620. The van der Waals surface area contributed by atoms with Crippen LogP contribution in [0.1, 0.15) is 11.8 Å². The quantitative estimate of drug-likeness (QED) is 0.616. The van der Waals surface area contributed by atoms with E-state index in [9.17, 15) is 14.9 Å². The minimum Gasteiger partial charge on any atom is -0.379 e. The van der Waals surface area contributed by atoms with Crippen molar-refractivity contribution < 1.29 is 9.72 Å². The molecule has 2 N–H and O–H groups in total. The molecule has 0 fully saturated rings. The van der Waals surface area contributed by atoms with Crippen LogP contribution >= 0.6 is 27.3 Å². The van der Waals surface area contributed by atoms with Crippen molar-refractivity contribution >= 4 is 50.2 Å². The Balaban J connectivity index is 2.08. The molecule has 0 saturated heterocycles. The van der Waals surface area contributed by atoms with Crippen LogP contribution in [0.15, 0.2) is 34.1 Å².